The summed E-state index contributed by atoms with van der Waals surface area (Å²) in [4.78, 5) is 25.1. The van der Waals surface area contributed by atoms with Crippen molar-refractivity contribution in [1.82, 2.24) is 19.7 Å². The topological polar surface area (TPSA) is 94.1 Å². The lowest BCUT2D eigenvalue weighted by Gasteiger charge is -2.33. The van der Waals surface area contributed by atoms with E-state index in [4.69, 9.17) is 5.73 Å². The number of hydrogen-bond acceptors (Lipinski definition) is 5. The van der Waals surface area contributed by atoms with Gasteiger partial charge in [-0.3, -0.25) is 9.59 Å². The van der Waals surface area contributed by atoms with E-state index >= 15 is 0 Å². The molecule has 1 aromatic heterocycles. The molecule has 1 aliphatic heterocycles. The molecule has 1 aromatic rings. The molecule has 2 N–H and O–H groups in total. The maximum Gasteiger partial charge on any atom is 0.233 e. The minimum atomic E-state index is -0.355. The van der Waals surface area contributed by atoms with Crippen LogP contribution in [-0.4, -0.2) is 49.8 Å². The van der Waals surface area contributed by atoms with Gasteiger partial charge in [-0.15, -0.1) is 10.2 Å². The number of nitrogens with zero attached hydrogens (tertiary/aromatic N) is 4. The van der Waals surface area contributed by atoms with Crippen molar-refractivity contribution in [3.63, 3.8) is 0 Å². The molecule has 1 fully saturated rings. The van der Waals surface area contributed by atoms with E-state index in [-0.39, 0.29) is 18.2 Å². The molecule has 0 bridgehead atoms. The van der Waals surface area contributed by atoms with E-state index < -0.39 is 0 Å². The molecule has 122 valence electrons. The average Bonchev–Trinajstić information content (AvgIpc) is 2.83. The van der Waals surface area contributed by atoms with Gasteiger partial charge >= 0.3 is 0 Å². The molecular formula is C14H23N5O2S. The molecule has 2 rings (SSSR count). The van der Waals surface area contributed by atoms with Gasteiger partial charge in [-0.25, -0.2) is 0 Å². The molecule has 8 heteroatoms. The molecule has 22 heavy (non-hydrogen) atoms. The Balaban J connectivity index is 1.88. The highest BCUT2D eigenvalue weighted by molar-refractivity contribution is 7.99. The minimum Gasteiger partial charge on any atom is -0.370 e. The molecule has 0 aliphatic carbocycles. The van der Waals surface area contributed by atoms with E-state index in [1.165, 1.54) is 18.2 Å². The van der Waals surface area contributed by atoms with Crippen LogP contribution in [0.15, 0.2) is 5.16 Å². The zero-order chi connectivity index (χ0) is 16.1. The molecule has 2 heterocycles. The molecule has 1 aliphatic rings. The first kappa shape index (κ1) is 16.8. The van der Waals surface area contributed by atoms with Crippen LogP contribution in [0.25, 0.3) is 0 Å². The predicted octanol–water partition coefficient (Wildman–Crippen LogP) is 0.726. The quantitative estimate of drug-likeness (QED) is 0.778. The standard InChI is InChI=1S/C14H23N5O2S/c1-10-5-3-4-8-19(10)13(21)9-22-14-17-16-12(18(14)2)7-6-11(15)20/h10H,3-9H2,1-2H3,(H2,15,20)/t10-/m1/s1. The molecule has 2 amide bonds. The Hall–Kier alpha value is -1.57. The van der Waals surface area contributed by atoms with Crippen molar-refractivity contribution in [3.8, 4) is 0 Å². The van der Waals surface area contributed by atoms with Crippen molar-refractivity contribution in [2.24, 2.45) is 12.8 Å². The van der Waals surface area contributed by atoms with Crippen LogP contribution >= 0.6 is 11.8 Å². The summed E-state index contributed by atoms with van der Waals surface area (Å²) in [5, 5.41) is 8.83. The maximum absolute atomic E-state index is 12.3. The maximum atomic E-state index is 12.3. The highest BCUT2D eigenvalue weighted by Gasteiger charge is 2.23. The third-order valence-electron chi connectivity index (χ3n) is 3.97. The van der Waals surface area contributed by atoms with Gasteiger partial charge < -0.3 is 15.2 Å². The van der Waals surface area contributed by atoms with E-state index in [0.717, 1.165) is 19.4 Å². The largest absolute Gasteiger partial charge is 0.370 e. The lowest BCUT2D eigenvalue weighted by Crippen LogP contribution is -2.42. The number of aromatic nitrogens is 3. The SMILES string of the molecule is C[C@@H]1CCCCN1C(=O)CSc1nnc(CCC(N)=O)n1C. The first-order valence-corrected chi connectivity index (χ1v) is 8.56. The average molecular weight is 325 g/mol. The number of aryl methyl sites for hydroxylation is 1. The second kappa shape index (κ2) is 7.62. The number of carbonyl (C=O) groups excluding carboxylic acids is 2. The number of amides is 2. The summed E-state index contributed by atoms with van der Waals surface area (Å²) in [5.74, 6) is 0.872. The third kappa shape index (κ3) is 4.22. The molecule has 0 radical (unpaired) electrons. The Bertz CT molecular complexity index is 545. The van der Waals surface area contributed by atoms with Gasteiger partial charge in [0.2, 0.25) is 11.8 Å². The van der Waals surface area contributed by atoms with Crippen molar-refractivity contribution >= 4 is 23.6 Å². The highest BCUT2D eigenvalue weighted by atomic mass is 32.2. The number of likely N-dealkylation sites (tertiary alicyclic amines) is 1. The number of piperidine rings is 1. The van der Waals surface area contributed by atoms with Gasteiger partial charge in [0.15, 0.2) is 5.16 Å². The summed E-state index contributed by atoms with van der Waals surface area (Å²) in [6.45, 7) is 2.95. The van der Waals surface area contributed by atoms with Gasteiger partial charge in [0.05, 0.1) is 5.75 Å². The van der Waals surface area contributed by atoms with Crippen LogP contribution in [-0.2, 0) is 23.1 Å². The van der Waals surface area contributed by atoms with E-state index in [2.05, 4.69) is 17.1 Å². The fourth-order valence-electron chi connectivity index (χ4n) is 2.60. The second-order valence-corrected chi connectivity index (χ2v) is 6.59. The lowest BCUT2D eigenvalue weighted by atomic mass is 10.0. The van der Waals surface area contributed by atoms with Crippen LogP contribution in [0.2, 0.25) is 0 Å². The van der Waals surface area contributed by atoms with Crippen LogP contribution in [0, 0.1) is 0 Å². The Morgan fingerprint density at radius 2 is 2.14 bits per heavy atom. The third-order valence-corrected chi connectivity index (χ3v) is 4.97. The first-order valence-electron chi connectivity index (χ1n) is 7.58. The van der Waals surface area contributed by atoms with Crippen LogP contribution < -0.4 is 5.73 Å². The Kier molecular flexibility index (Phi) is 5.82. The second-order valence-electron chi connectivity index (χ2n) is 5.64. The molecule has 1 saturated heterocycles. The van der Waals surface area contributed by atoms with E-state index in [1.54, 1.807) is 0 Å². The van der Waals surface area contributed by atoms with Crippen molar-refractivity contribution in [2.45, 2.75) is 50.2 Å². The number of thioether (sulfide) groups is 1. The van der Waals surface area contributed by atoms with Gasteiger partial charge in [0.25, 0.3) is 0 Å². The van der Waals surface area contributed by atoms with Gasteiger partial charge in [-0.1, -0.05) is 11.8 Å². The summed E-state index contributed by atoms with van der Waals surface area (Å²) >= 11 is 1.39. The van der Waals surface area contributed by atoms with Gasteiger partial charge in [0.1, 0.15) is 5.82 Å². The summed E-state index contributed by atoms with van der Waals surface area (Å²) < 4.78 is 1.82. The zero-order valence-electron chi connectivity index (χ0n) is 13.1. The first-order chi connectivity index (χ1) is 10.5. The van der Waals surface area contributed by atoms with Crippen molar-refractivity contribution in [1.29, 1.82) is 0 Å². The molecule has 7 nitrogen and oxygen atoms in total. The zero-order valence-corrected chi connectivity index (χ0v) is 13.9. The van der Waals surface area contributed by atoms with E-state index in [9.17, 15) is 9.59 Å². The summed E-state index contributed by atoms with van der Waals surface area (Å²) in [5.41, 5.74) is 5.14. The molecule has 0 aromatic carbocycles. The monoisotopic (exact) mass is 325 g/mol. The highest BCUT2D eigenvalue weighted by Crippen LogP contribution is 2.21. The lowest BCUT2D eigenvalue weighted by molar-refractivity contribution is -0.131. The predicted molar refractivity (Wildman–Crippen MR) is 84.3 cm³/mol. The number of nitrogens with two attached hydrogens (primary N) is 1. The van der Waals surface area contributed by atoms with Gasteiger partial charge in [0, 0.05) is 32.5 Å². The van der Waals surface area contributed by atoms with Crippen LogP contribution in [0.3, 0.4) is 0 Å². The number of carbonyl (C=O) groups is 2. The van der Waals surface area contributed by atoms with Crippen molar-refractivity contribution in [2.75, 3.05) is 12.3 Å². The fourth-order valence-corrected chi connectivity index (χ4v) is 3.42. The molecule has 0 unspecified atom stereocenters. The smallest absolute Gasteiger partial charge is 0.233 e. The molecule has 0 spiro atoms. The van der Waals surface area contributed by atoms with Crippen molar-refractivity contribution in [3.05, 3.63) is 5.82 Å². The Morgan fingerprint density at radius 1 is 1.36 bits per heavy atom. The number of primary amides is 1. The number of hydrogen-bond donors (Lipinski definition) is 1. The molecular weight excluding hydrogens is 302 g/mol. The fraction of sp³-hybridized carbons (Fsp3) is 0.714. The van der Waals surface area contributed by atoms with E-state index in [0.29, 0.717) is 29.2 Å². The minimum absolute atomic E-state index is 0.152. The molecule has 1 atom stereocenters. The van der Waals surface area contributed by atoms with Crippen LogP contribution in [0.1, 0.15) is 38.4 Å². The summed E-state index contributed by atoms with van der Waals surface area (Å²) in [6, 6.07) is 0.326. The van der Waals surface area contributed by atoms with Crippen molar-refractivity contribution < 1.29 is 9.59 Å². The summed E-state index contributed by atoms with van der Waals surface area (Å²) in [6.07, 6.45) is 4.08. The van der Waals surface area contributed by atoms with Gasteiger partial charge in [-0.2, -0.15) is 0 Å². The Labute approximate surface area is 134 Å². The molecule has 0 saturated carbocycles. The van der Waals surface area contributed by atoms with E-state index in [1.807, 2.05) is 16.5 Å². The number of rotatable bonds is 6. The normalized spacial score (nSPS) is 18.5. The van der Waals surface area contributed by atoms with Crippen LogP contribution in [0.4, 0.5) is 0 Å². The summed E-state index contributed by atoms with van der Waals surface area (Å²) in [7, 11) is 1.84. The van der Waals surface area contributed by atoms with Crippen LogP contribution in [0.5, 0.6) is 0 Å². The van der Waals surface area contributed by atoms with Gasteiger partial charge in [-0.05, 0) is 26.2 Å². The Morgan fingerprint density at radius 3 is 2.82 bits per heavy atom.